The molecule has 104 valence electrons. The van der Waals surface area contributed by atoms with Crippen LogP contribution in [0.25, 0.3) is 0 Å². The van der Waals surface area contributed by atoms with Gasteiger partial charge in [-0.05, 0) is 35.9 Å². The molecule has 1 N–H and O–H groups in total. The van der Waals surface area contributed by atoms with Crippen molar-refractivity contribution >= 4 is 39.2 Å². The zero-order chi connectivity index (χ0) is 14.5. The average molecular weight is 355 g/mol. The maximum Gasteiger partial charge on any atom is 0.323 e. The van der Waals surface area contributed by atoms with Crippen LogP contribution in [0.15, 0.2) is 53.0 Å². The van der Waals surface area contributed by atoms with Crippen molar-refractivity contribution in [2.45, 2.75) is 6.54 Å². The summed E-state index contributed by atoms with van der Waals surface area (Å²) in [6.07, 6.45) is 0. The number of halogens is 2. The lowest BCUT2D eigenvalue weighted by Gasteiger charge is -2.23. The molecular formula is C15H13BrClNO2. The van der Waals surface area contributed by atoms with E-state index in [0.717, 1.165) is 15.7 Å². The summed E-state index contributed by atoms with van der Waals surface area (Å²) >= 11 is 9.35. The highest BCUT2D eigenvalue weighted by Gasteiger charge is 2.12. The van der Waals surface area contributed by atoms with Gasteiger partial charge in [0.15, 0.2) is 0 Å². The van der Waals surface area contributed by atoms with Gasteiger partial charge in [0.25, 0.3) is 0 Å². The second kappa shape index (κ2) is 6.77. The maximum absolute atomic E-state index is 11.0. The average Bonchev–Trinajstić information content (AvgIpc) is 2.41. The lowest BCUT2D eigenvalue weighted by atomic mass is 10.2. The van der Waals surface area contributed by atoms with Gasteiger partial charge in [-0.25, -0.2) is 0 Å². The predicted octanol–water partition coefficient (Wildman–Crippen LogP) is 4.19. The van der Waals surface area contributed by atoms with E-state index < -0.39 is 5.97 Å². The van der Waals surface area contributed by atoms with E-state index in [0.29, 0.717) is 11.6 Å². The second-order valence-electron chi connectivity index (χ2n) is 4.32. The van der Waals surface area contributed by atoms with Crippen molar-refractivity contribution in [3.05, 3.63) is 63.6 Å². The van der Waals surface area contributed by atoms with Crippen LogP contribution >= 0.6 is 27.5 Å². The molecule has 0 saturated carbocycles. The molecule has 0 fully saturated rings. The number of carbonyl (C=O) groups is 1. The van der Waals surface area contributed by atoms with Crippen LogP contribution in [-0.4, -0.2) is 17.6 Å². The molecule has 0 aliphatic carbocycles. The van der Waals surface area contributed by atoms with Gasteiger partial charge < -0.3 is 10.0 Å². The molecule has 0 bridgehead atoms. The van der Waals surface area contributed by atoms with Crippen LogP contribution in [0.5, 0.6) is 0 Å². The van der Waals surface area contributed by atoms with Crippen molar-refractivity contribution in [1.29, 1.82) is 0 Å². The topological polar surface area (TPSA) is 40.5 Å². The molecule has 5 heteroatoms. The highest BCUT2D eigenvalue weighted by molar-refractivity contribution is 9.10. The van der Waals surface area contributed by atoms with Gasteiger partial charge in [-0.1, -0.05) is 45.7 Å². The molecule has 0 heterocycles. The SMILES string of the molecule is O=C(O)CN(Cc1ccccc1Br)c1ccc(Cl)cc1. The summed E-state index contributed by atoms with van der Waals surface area (Å²) in [4.78, 5) is 12.8. The molecule has 2 rings (SSSR count). The first kappa shape index (κ1) is 14.9. The van der Waals surface area contributed by atoms with Crippen LogP contribution in [-0.2, 0) is 11.3 Å². The van der Waals surface area contributed by atoms with E-state index in [1.807, 2.05) is 36.4 Å². The summed E-state index contributed by atoms with van der Waals surface area (Å²) in [6.45, 7) is 0.443. The van der Waals surface area contributed by atoms with Gasteiger partial charge >= 0.3 is 5.97 Å². The second-order valence-corrected chi connectivity index (χ2v) is 5.61. The molecule has 0 radical (unpaired) electrons. The minimum absolute atomic E-state index is 0.0665. The Kier molecular flexibility index (Phi) is 5.04. The number of carboxylic acid groups (broad SMARTS) is 1. The minimum atomic E-state index is -0.869. The summed E-state index contributed by atoms with van der Waals surface area (Å²) < 4.78 is 0.962. The zero-order valence-corrected chi connectivity index (χ0v) is 12.9. The maximum atomic E-state index is 11.0. The van der Waals surface area contributed by atoms with Gasteiger partial charge in [0.05, 0.1) is 0 Å². The Bertz CT molecular complexity index is 601. The number of benzene rings is 2. The van der Waals surface area contributed by atoms with Crippen molar-refractivity contribution in [1.82, 2.24) is 0 Å². The molecule has 0 aliphatic rings. The van der Waals surface area contributed by atoms with Crippen molar-refractivity contribution in [3.8, 4) is 0 Å². The third-order valence-electron chi connectivity index (χ3n) is 2.84. The molecule has 2 aromatic carbocycles. The minimum Gasteiger partial charge on any atom is -0.480 e. The van der Waals surface area contributed by atoms with Crippen LogP contribution in [0.1, 0.15) is 5.56 Å². The molecule has 3 nitrogen and oxygen atoms in total. The van der Waals surface area contributed by atoms with E-state index in [1.54, 1.807) is 17.0 Å². The van der Waals surface area contributed by atoms with E-state index in [9.17, 15) is 4.79 Å². The first-order valence-electron chi connectivity index (χ1n) is 6.02. The van der Waals surface area contributed by atoms with Crippen molar-refractivity contribution in [2.75, 3.05) is 11.4 Å². The van der Waals surface area contributed by atoms with Gasteiger partial charge in [-0.15, -0.1) is 0 Å². The van der Waals surface area contributed by atoms with Gasteiger partial charge in [-0.3, -0.25) is 4.79 Å². The van der Waals surface area contributed by atoms with Crippen molar-refractivity contribution in [3.63, 3.8) is 0 Å². The number of hydrogen-bond acceptors (Lipinski definition) is 2. The number of hydrogen-bond donors (Lipinski definition) is 1. The highest BCUT2D eigenvalue weighted by atomic mass is 79.9. The summed E-state index contributed by atoms with van der Waals surface area (Å²) in [5.74, 6) is -0.869. The van der Waals surface area contributed by atoms with E-state index in [1.165, 1.54) is 0 Å². The Hall–Kier alpha value is -1.52. The monoisotopic (exact) mass is 353 g/mol. The normalized spacial score (nSPS) is 10.3. The van der Waals surface area contributed by atoms with E-state index in [2.05, 4.69) is 15.9 Å². The summed E-state index contributed by atoms with van der Waals surface area (Å²) in [5, 5.41) is 9.70. The fraction of sp³-hybridized carbons (Fsp3) is 0.133. The first-order chi connectivity index (χ1) is 9.56. The molecule has 20 heavy (non-hydrogen) atoms. The number of carboxylic acids is 1. The smallest absolute Gasteiger partial charge is 0.323 e. The fourth-order valence-electron chi connectivity index (χ4n) is 1.89. The van der Waals surface area contributed by atoms with Crippen LogP contribution in [0.4, 0.5) is 5.69 Å². The van der Waals surface area contributed by atoms with Gasteiger partial charge in [0, 0.05) is 21.7 Å². The molecule has 0 saturated heterocycles. The Balaban J connectivity index is 2.26. The predicted molar refractivity (Wildman–Crippen MR) is 84.3 cm³/mol. The third-order valence-corrected chi connectivity index (χ3v) is 3.86. The molecule has 0 atom stereocenters. The van der Waals surface area contributed by atoms with Crippen LogP contribution in [0.3, 0.4) is 0 Å². The van der Waals surface area contributed by atoms with E-state index >= 15 is 0 Å². The lowest BCUT2D eigenvalue weighted by molar-refractivity contribution is -0.135. The third kappa shape index (κ3) is 3.99. The van der Waals surface area contributed by atoms with E-state index in [4.69, 9.17) is 16.7 Å². The van der Waals surface area contributed by atoms with Crippen LogP contribution in [0.2, 0.25) is 5.02 Å². The number of nitrogens with zero attached hydrogens (tertiary/aromatic N) is 1. The van der Waals surface area contributed by atoms with Gasteiger partial charge in [0.1, 0.15) is 6.54 Å². The Morgan fingerprint density at radius 2 is 1.80 bits per heavy atom. The molecule has 0 spiro atoms. The first-order valence-corrected chi connectivity index (χ1v) is 7.19. The molecule has 2 aromatic rings. The Labute approximate surface area is 130 Å². The van der Waals surface area contributed by atoms with Crippen LogP contribution in [0, 0.1) is 0 Å². The molecule has 0 amide bonds. The van der Waals surface area contributed by atoms with Crippen molar-refractivity contribution < 1.29 is 9.90 Å². The molecular weight excluding hydrogens is 342 g/mol. The standard InChI is InChI=1S/C15H13BrClNO2/c16-14-4-2-1-3-11(14)9-18(10-15(19)20)13-7-5-12(17)6-8-13/h1-8H,9-10H2,(H,19,20). The molecule has 0 aromatic heterocycles. The highest BCUT2D eigenvalue weighted by Crippen LogP contribution is 2.23. The number of rotatable bonds is 5. The Morgan fingerprint density at radius 3 is 2.40 bits per heavy atom. The molecule has 0 aliphatic heterocycles. The van der Waals surface area contributed by atoms with Gasteiger partial charge in [0.2, 0.25) is 0 Å². The summed E-state index contributed by atoms with van der Waals surface area (Å²) in [5.41, 5.74) is 1.86. The number of aliphatic carboxylic acids is 1. The zero-order valence-electron chi connectivity index (χ0n) is 10.6. The van der Waals surface area contributed by atoms with Gasteiger partial charge in [-0.2, -0.15) is 0 Å². The Morgan fingerprint density at radius 1 is 1.15 bits per heavy atom. The summed E-state index contributed by atoms with van der Waals surface area (Å²) in [6, 6.07) is 14.9. The molecule has 0 unspecified atom stereocenters. The quantitative estimate of drug-likeness (QED) is 0.875. The van der Waals surface area contributed by atoms with E-state index in [-0.39, 0.29) is 6.54 Å². The fourth-order valence-corrected chi connectivity index (χ4v) is 2.42. The van der Waals surface area contributed by atoms with Crippen molar-refractivity contribution in [2.24, 2.45) is 0 Å². The number of anilines is 1. The lowest BCUT2D eigenvalue weighted by Crippen LogP contribution is -2.29. The summed E-state index contributed by atoms with van der Waals surface area (Å²) in [7, 11) is 0. The largest absolute Gasteiger partial charge is 0.480 e. The van der Waals surface area contributed by atoms with Crippen LogP contribution < -0.4 is 4.90 Å².